The maximum atomic E-state index is 12.4. The number of carbonyl (C=O) groups is 2. The van der Waals surface area contributed by atoms with E-state index in [-0.39, 0.29) is 17.5 Å². The first-order valence-electron chi connectivity index (χ1n) is 7.40. The number of hydrogen-bond acceptors (Lipinski definition) is 3. The predicted octanol–water partition coefficient (Wildman–Crippen LogP) is 2.42. The van der Waals surface area contributed by atoms with Gasteiger partial charge in [0, 0.05) is 5.54 Å². The van der Waals surface area contributed by atoms with Crippen molar-refractivity contribution in [1.82, 2.24) is 4.90 Å². The number of likely N-dealkylation sites (tertiary alicyclic amines) is 1. The van der Waals surface area contributed by atoms with E-state index in [9.17, 15) is 9.59 Å². The van der Waals surface area contributed by atoms with Crippen molar-refractivity contribution in [3.63, 3.8) is 0 Å². The normalized spacial score (nSPS) is 21.9. The number of benzene rings is 1. The van der Waals surface area contributed by atoms with Gasteiger partial charge in [0.1, 0.15) is 0 Å². The van der Waals surface area contributed by atoms with Crippen molar-refractivity contribution in [2.75, 3.05) is 6.61 Å². The Morgan fingerprint density at radius 2 is 1.86 bits per heavy atom. The van der Waals surface area contributed by atoms with Crippen molar-refractivity contribution >= 4 is 11.9 Å². The second kappa shape index (κ2) is 5.88. The molecule has 1 aromatic carbocycles. The monoisotopic (exact) mass is 289 g/mol. The fraction of sp³-hybridized carbons (Fsp3) is 0.529. The molecule has 1 aromatic rings. The number of β-lactam (4-membered cyclic amide) rings is 1. The summed E-state index contributed by atoms with van der Waals surface area (Å²) in [6.07, 6.45) is 0.674. The molecule has 2 atom stereocenters. The van der Waals surface area contributed by atoms with Crippen molar-refractivity contribution in [1.29, 1.82) is 0 Å². The number of esters is 1. The molecule has 1 heterocycles. The molecule has 1 amide bonds. The number of hydrogen-bond donors (Lipinski definition) is 0. The van der Waals surface area contributed by atoms with Crippen LogP contribution in [0.25, 0.3) is 0 Å². The summed E-state index contributed by atoms with van der Waals surface area (Å²) in [5.41, 5.74) is 0.832. The highest BCUT2D eigenvalue weighted by Gasteiger charge is 2.55. The smallest absolute Gasteiger partial charge is 0.320 e. The van der Waals surface area contributed by atoms with Gasteiger partial charge in [0.05, 0.1) is 12.6 Å². The average Bonchev–Trinajstić information content (AvgIpc) is 2.37. The van der Waals surface area contributed by atoms with Gasteiger partial charge in [0.2, 0.25) is 5.91 Å². The second-order valence-electron chi connectivity index (χ2n) is 6.37. The first kappa shape index (κ1) is 15.5. The highest BCUT2D eigenvalue weighted by atomic mass is 16.5. The summed E-state index contributed by atoms with van der Waals surface area (Å²) in [4.78, 5) is 26.2. The Kier molecular flexibility index (Phi) is 4.35. The van der Waals surface area contributed by atoms with Crippen LogP contribution in [0.4, 0.5) is 0 Å². The van der Waals surface area contributed by atoms with Gasteiger partial charge in [-0.15, -0.1) is 0 Å². The molecule has 1 aliphatic rings. The van der Waals surface area contributed by atoms with E-state index < -0.39 is 11.9 Å². The third kappa shape index (κ3) is 3.09. The standard InChI is InChI=1S/C17H23NO3/c1-5-21-16(20)14-13(11-12-9-7-6-8-10-12)18(15(14)19)17(2,3)4/h6-10,13-14H,5,11H2,1-4H3/t13-,14+/m0/s1. The summed E-state index contributed by atoms with van der Waals surface area (Å²) in [6, 6.07) is 9.81. The fourth-order valence-corrected chi connectivity index (χ4v) is 2.93. The van der Waals surface area contributed by atoms with Gasteiger partial charge in [0.25, 0.3) is 0 Å². The van der Waals surface area contributed by atoms with Gasteiger partial charge in [-0.05, 0) is 39.7 Å². The topological polar surface area (TPSA) is 46.6 Å². The van der Waals surface area contributed by atoms with Crippen LogP contribution in [0.1, 0.15) is 33.3 Å². The maximum Gasteiger partial charge on any atom is 0.320 e. The minimum atomic E-state index is -0.663. The molecule has 1 aliphatic heterocycles. The second-order valence-corrected chi connectivity index (χ2v) is 6.37. The fourth-order valence-electron chi connectivity index (χ4n) is 2.93. The Bertz CT molecular complexity index is 519. The van der Waals surface area contributed by atoms with E-state index >= 15 is 0 Å². The maximum absolute atomic E-state index is 12.4. The highest BCUT2D eigenvalue weighted by Crippen LogP contribution is 2.36. The van der Waals surface area contributed by atoms with Crippen molar-refractivity contribution < 1.29 is 14.3 Å². The minimum Gasteiger partial charge on any atom is -0.465 e. The summed E-state index contributed by atoms with van der Waals surface area (Å²) in [5, 5.41) is 0. The molecule has 21 heavy (non-hydrogen) atoms. The van der Waals surface area contributed by atoms with E-state index in [1.807, 2.05) is 56.0 Å². The number of rotatable bonds is 4. The third-order valence-corrected chi connectivity index (χ3v) is 3.77. The Morgan fingerprint density at radius 3 is 2.38 bits per heavy atom. The zero-order chi connectivity index (χ0) is 15.6. The van der Waals surface area contributed by atoms with Gasteiger partial charge in [-0.25, -0.2) is 0 Å². The SMILES string of the molecule is CCOC(=O)[C@H]1C(=O)N(C(C)(C)C)[C@H]1Cc1ccccc1. The van der Waals surface area contributed by atoms with Gasteiger partial charge in [-0.3, -0.25) is 9.59 Å². The zero-order valence-corrected chi connectivity index (χ0v) is 13.1. The molecule has 1 fully saturated rings. The van der Waals surface area contributed by atoms with Crippen LogP contribution in [0.5, 0.6) is 0 Å². The quantitative estimate of drug-likeness (QED) is 0.486. The van der Waals surface area contributed by atoms with Crippen molar-refractivity contribution in [3.05, 3.63) is 35.9 Å². The predicted molar refractivity (Wildman–Crippen MR) is 80.7 cm³/mol. The van der Waals surface area contributed by atoms with Crippen LogP contribution in [-0.2, 0) is 20.7 Å². The lowest BCUT2D eigenvalue weighted by molar-refractivity contribution is -0.179. The Morgan fingerprint density at radius 1 is 1.24 bits per heavy atom. The summed E-state index contributed by atoms with van der Waals surface area (Å²) in [7, 11) is 0. The van der Waals surface area contributed by atoms with Crippen LogP contribution >= 0.6 is 0 Å². The summed E-state index contributed by atoms with van der Waals surface area (Å²) in [5.74, 6) is -1.19. The average molecular weight is 289 g/mol. The molecule has 0 aromatic heterocycles. The summed E-state index contributed by atoms with van der Waals surface area (Å²) < 4.78 is 5.06. The molecule has 4 heteroatoms. The first-order chi connectivity index (χ1) is 9.86. The Balaban J connectivity index is 2.22. The lowest BCUT2D eigenvalue weighted by Gasteiger charge is -2.53. The van der Waals surface area contributed by atoms with Crippen LogP contribution in [0.15, 0.2) is 30.3 Å². The van der Waals surface area contributed by atoms with Crippen LogP contribution < -0.4 is 0 Å². The Hall–Kier alpha value is -1.84. The van der Waals surface area contributed by atoms with E-state index in [4.69, 9.17) is 4.74 Å². The van der Waals surface area contributed by atoms with Crippen LogP contribution in [0, 0.1) is 5.92 Å². The molecule has 0 radical (unpaired) electrons. The van der Waals surface area contributed by atoms with Crippen LogP contribution in [-0.4, -0.2) is 35.0 Å². The van der Waals surface area contributed by atoms with Crippen LogP contribution in [0.3, 0.4) is 0 Å². The molecular formula is C17H23NO3. The largest absolute Gasteiger partial charge is 0.465 e. The Labute approximate surface area is 126 Å². The molecule has 0 N–H and O–H groups in total. The molecule has 4 nitrogen and oxygen atoms in total. The molecule has 0 bridgehead atoms. The molecule has 1 saturated heterocycles. The number of amides is 1. The molecule has 114 valence electrons. The van der Waals surface area contributed by atoms with E-state index in [0.717, 1.165) is 5.56 Å². The van der Waals surface area contributed by atoms with Gasteiger partial charge >= 0.3 is 5.97 Å². The van der Waals surface area contributed by atoms with Crippen molar-refractivity contribution in [2.45, 2.75) is 45.7 Å². The van der Waals surface area contributed by atoms with Gasteiger partial charge < -0.3 is 9.64 Å². The van der Waals surface area contributed by atoms with Crippen molar-refractivity contribution in [2.24, 2.45) is 5.92 Å². The molecule has 2 rings (SSSR count). The van der Waals surface area contributed by atoms with Crippen LogP contribution in [0.2, 0.25) is 0 Å². The molecule has 0 spiro atoms. The summed E-state index contributed by atoms with van der Waals surface area (Å²) >= 11 is 0. The van der Waals surface area contributed by atoms with E-state index in [1.54, 1.807) is 6.92 Å². The molecule has 0 saturated carbocycles. The minimum absolute atomic E-state index is 0.123. The van der Waals surface area contributed by atoms with Gasteiger partial charge in [0.15, 0.2) is 5.92 Å². The molecular weight excluding hydrogens is 266 g/mol. The lowest BCUT2D eigenvalue weighted by atomic mass is 9.79. The van der Waals surface area contributed by atoms with E-state index in [2.05, 4.69) is 0 Å². The molecule has 0 aliphatic carbocycles. The number of ether oxygens (including phenoxy) is 1. The summed E-state index contributed by atoms with van der Waals surface area (Å²) in [6.45, 7) is 8.03. The third-order valence-electron chi connectivity index (χ3n) is 3.77. The number of carbonyl (C=O) groups excluding carboxylic acids is 2. The first-order valence-corrected chi connectivity index (χ1v) is 7.40. The van der Waals surface area contributed by atoms with Gasteiger partial charge in [-0.1, -0.05) is 30.3 Å². The zero-order valence-electron chi connectivity index (χ0n) is 13.1. The van der Waals surface area contributed by atoms with E-state index in [1.165, 1.54) is 0 Å². The highest BCUT2D eigenvalue weighted by molar-refractivity contribution is 6.04. The van der Waals surface area contributed by atoms with E-state index in [0.29, 0.717) is 13.0 Å². The molecule has 0 unspecified atom stereocenters. The van der Waals surface area contributed by atoms with Crippen molar-refractivity contribution in [3.8, 4) is 0 Å². The lowest BCUT2D eigenvalue weighted by Crippen LogP contribution is -2.70. The van der Waals surface area contributed by atoms with Gasteiger partial charge in [-0.2, -0.15) is 0 Å². The number of nitrogens with zero attached hydrogens (tertiary/aromatic N) is 1.